The Balaban J connectivity index is 0.00000161. The van der Waals surface area contributed by atoms with Gasteiger partial charge in [-0.3, -0.25) is 4.98 Å². The number of rotatable bonds is 1. The summed E-state index contributed by atoms with van der Waals surface area (Å²) in [5.74, 6) is 0. The van der Waals surface area contributed by atoms with Gasteiger partial charge >= 0.3 is 0 Å². The summed E-state index contributed by atoms with van der Waals surface area (Å²) in [6.07, 6.45) is 1.99. The van der Waals surface area contributed by atoms with Crippen LogP contribution in [0.5, 0.6) is 0 Å². The summed E-state index contributed by atoms with van der Waals surface area (Å²) < 4.78 is 0. The Hall–Kier alpha value is -1.86. The minimum atomic E-state index is 0. The summed E-state index contributed by atoms with van der Waals surface area (Å²) in [6, 6.07) is 19.0. The molecule has 0 fully saturated rings. The number of nitrogens with zero attached hydrogens (tertiary/aromatic N) is 1. The lowest BCUT2D eigenvalue weighted by Gasteiger charge is -2.23. The van der Waals surface area contributed by atoms with Crippen LogP contribution in [0.1, 0.15) is 26.5 Å². The van der Waals surface area contributed by atoms with Gasteiger partial charge in [0.1, 0.15) is 0 Å². The normalized spacial score (nSPS) is 11.2. The third kappa shape index (κ3) is 2.93. The van der Waals surface area contributed by atoms with E-state index in [2.05, 4.69) is 75.4 Å². The highest BCUT2D eigenvalue weighted by molar-refractivity contribution is 5.97. The molecule has 0 N–H and O–H groups in total. The Labute approximate surface area is 132 Å². The van der Waals surface area contributed by atoms with Crippen molar-refractivity contribution in [2.45, 2.75) is 26.2 Å². The van der Waals surface area contributed by atoms with Crippen molar-refractivity contribution >= 4 is 23.2 Å². The number of hydrogen-bond donors (Lipinski definition) is 0. The largest absolute Gasteiger partial charge is 0.259 e. The summed E-state index contributed by atoms with van der Waals surface area (Å²) in [7, 11) is 0. The van der Waals surface area contributed by atoms with E-state index < -0.39 is 0 Å². The van der Waals surface area contributed by atoms with Crippen LogP contribution in [0, 0.1) is 0 Å². The monoisotopic (exact) mass is 297 g/mol. The van der Waals surface area contributed by atoms with Gasteiger partial charge in [0.25, 0.3) is 0 Å². The molecule has 1 aromatic heterocycles. The van der Waals surface area contributed by atoms with Gasteiger partial charge in [0.15, 0.2) is 0 Å². The van der Waals surface area contributed by atoms with E-state index in [1.807, 2.05) is 6.20 Å². The first-order valence-electron chi connectivity index (χ1n) is 7.01. The summed E-state index contributed by atoms with van der Waals surface area (Å²) in [5, 5.41) is 2.47. The maximum Gasteiger partial charge on any atom is 0.0541 e. The summed E-state index contributed by atoms with van der Waals surface area (Å²) in [4.78, 5) is 4.75. The standard InChI is InChI=1S/C19H19N.ClH/c1-19(2,3)18-17(14-9-5-4-6-10-14)16-12-8-7-11-15(16)13-20-18;/h4-13H,1-3H3;1H. The molecule has 21 heavy (non-hydrogen) atoms. The predicted octanol–water partition coefficient (Wildman–Crippen LogP) is 5.62. The maximum atomic E-state index is 4.75. The molecule has 108 valence electrons. The Morgan fingerprint density at radius 1 is 0.810 bits per heavy atom. The highest BCUT2D eigenvalue weighted by atomic mass is 35.5. The second-order valence-electron chi connectivity index (χ2n) is 6.19. The Bertz CT molecular complexity index is 742. The molecule has 0 atom stereocenters. The van der Waals surface area contributed by atoms with Crippen LogP contribution in [-0.2, 0) is 5.41 Å². The van der Waals surface area contributed by atoms with Crippen LogP contribution < -0.4 is 0 Å². The zero-order valence-electron chi connectivity index (χ0n) is 12.6. The summed E-state index contributed by atoms with van der Waals surface area (Å²) in [6.45, 7) is 6.66. The first-order valence-corrected chi connectivity index (χ1v) is 7.01. The van der Waals surface area contributed by atoms with Gasteiger partial charge in [0, 0.05) is 22.6 Å². The van der Waals surface area contributed by atoms with E-state index in [1.165, 1.54) is 21.9 Å². The quantitative estimate of drug-likeness (QED) is 0.568. The molecule has 0 saturated heterocycles. The minimum Gasteiger partial charge on any atom is -0.259 e. The highest BCUT2D eigenvalue weighted by Gasteiger charge is 2.22. The second kappa shape index (κ2) is 5.87. The number of hydrogen-bond acceptors (Lipinski definition) is 1. The Morgan fingerprint density at radius 3 is 2.10 bits per heavy atom. The number of pyridine rings is 1. The van der Waals surface area contributed by atoms with Gasteiger partial charge < -0.3 is 0 Å². The molecular formula is C19H20ClN. The lowest BCUT2D eigenvalue weighted by Crippen LogP contribution is -2.15. The van der Waals surface area contributed by atoms with Crippen LogP contribution in [0.25, 0.3) is 21.9 Å². The molecule has 0 aliphatic heterocycles. The van der Waals surface area contributed by atoms with E-state index in [0.29, 0.717) is 0 Å². The first kappa shape index (κ1) is 15.5. The van der Waals surface area contributed by atoms with Crippen molar-refractivity contribution in [3.05, 3.63) is 66.5 Å². The fourth-order valence-corrected chi connectivity index (χ4v) is 2.63. The molecule has 1 nitrogen and oxygen atoms in total. The zero-order valence-corrected chi connectivity index (χ0v) is 13.4. The van der Waals surface area contributed by atoms with Gasteiger partial charge in [-0.05, 0) is 10.9 Å². The smallest absolute Gasteiger partial charge is 0.0541 e. The minimum absolute atomic E-state index is 0. The number of halogens is 1. The van der Waals surface area contributed by atoms with E-state index in [4.69, 9.17) is 4.98 Å². The van der Waals surface area contributed by atoms with Crippen molar-refractivity contribution in [3.63, 3.8) is 0 Å². The van der Waals surface area contributed by atoms with E-state index >= 15 is 0 Å². The predicted molar refractivity (Wildman–Crippen MR) is 93.1 cm³/mol. The average Bonchev–Trinajstić information content (AvgIpc) is 2.46. The van der Waals surface area contributed by atoms with Gasteiger partial charge in [-0.15, -0.1) is 12.4 Å². The van der Waals surface area contributed by atoms with Gasteiger partial charge in [-0.1, -0.05) is 75.4 Å². The van der Waals surface area contributed by atoms with E-state index in [1.54, 1.807) is 0 Å². The molecular weight excluding hydrogens is 278 g/mol. The Morgan fingerprint density at radius 2 is 1.43 bits per heavy atom. The number of benzene rings is 2. The SMILES string of the molecule is CC(C)(C)c1ncc2ccccc2c1-c1ccccc1.Cl. The molecule has 1 heterocycles. The van der Waals surface area contributed by atoms with Gasteiger partial charge in [-0.25, -0.2) is 0 Å². The molecule has 2 heteroatoms. The Kier molecular flexibility index (Phi) is 4.34. The van der Waals surface area contributed by atoms with Crippen LogP contribution >= 0.6 is 12.4 Å². The lowest BCUT2D eigenvalue weighted by molar-refractivity contribution is 0.572. The number of aromatic nitrogens is 1. The van der Waals surface area contributed by atoms with Crippen LogP contribution in [0.3, 0.4) is 0 Å². The van der Waals surface area contributed by atoms with Gasteiger partial charge in [0.05, 0.1) is 5.69 Å². The third-order valence-corrected chi connectivity index (χ3v) is 3.57. The molecule has 0 saturated carbocycles. The topological polar surface area (TPSA) is 12.9 Å². The van der Waals surface area contributed by atoms with Crippen LogP contribution in [0.4, 0.5) is 0 Å². The second-order valence-corrected chi connectivity index (χ2v) is 6.19. The van der Waals surface area contributed by atoms with Gasteiger partial charge in [-0.2, -0.15) is 0 Å². The van der Waals surface area contributed by atoms with Crippen molar-refractivity contribution in [2.75, 3.05) is 0 Å². The van der Waals surface area contributed by atoms with Gasteiger partial charge in [0.2, 0.25) is 0 Å². The lowest BCUT2D eigenvalue weighted by atomic mass is 9.84. The van der Waals surface area contributed by atoms with Crippen molar-refractivity contribution < 1.29 is 0 Å². The van der Waals surface area contributed by atoms with Crippen molar-refractivity contribution in [3.8, 4) is 11.1 Å². The average molecular weight is 298 g/mol. The highest BCUT2D eigenvalue weighted by Crippen LogP contribution is 2.36. The van der Waals surface area contributed by atoms with Crippen LogP contribution in [0.2, 0.25) is 0 Å². The third-order valence-electron chi connectivity index (χ3n) is 3.57. The van der Waals surface area contributed by atoms with E-state index in [0.717, 1.165) is 5.69 Å². The molecule has 0 bridgehead atoms. The molecule has 2 aromatic carbocycles. The molecule has 0 spiro atoms. The summed E-state index contributed by atoms with van der Waals surface area (Å²) >= 11 is 0. The van der Waals surface area contributed by atoms with Crippen LogP contribution in [-0.4, -0.2) is 4.98 Å². The van der Waals surface area contributed by atoms with E-state index in [-0.39, 0.29) is 17.8 Å². The zero-order chi connectivity index (χ0) is 14.2. The molecule has 0 unspecified atom stereocenters. The van der Waals surface area contributed by atoms with Crippen molar-refractivity contribution in [2.24, 2.45) is 0 Å². The fraction of sp³-hybridized carbons (Fsp3) is 0.211. The summed E-state index contributed by atoms with van der Waals surface area (Å²) in [5.41, 5.74) is 3.68. The molecule has 0 aliphatic rings. The number of fused-ring (bicyclic) bond motifs is 1. The van der Waals surface area contributed by atoms with Crippen molar-refractivity contribution in [1.29, 1.82) is 0 Å². The maximum absolute atomic E-state index is 4.75. The molecule has 0 amide bonds. The molecule has 3 aromatic rings. The molecule has 0 radical (unpaired) electrons. The molecule has 0 aliphatic carbocycles. The van der Waals surface area contributed by atoms with Crippen LogP contribution in [0.15, 0.2) is 60.8 Å². The fourth-order valence-electron chi connectivity index (χ4n) is 2.63. The first-order chi connectivity index (χ1) is 9.57. The molecule has 3 rings (SSSR count). The van der Waals surface area contributed by atoms with E-state index in [9.17, 15) is 0 Å². The van der Waals surface area contributed by atoms with Crippen molar-refractivity contribution in [1.82, 2.24) is 4.98 Å².